The molecule has 1 unspecified atom stereocenters. The monoisotopic (exact) mass is 573 g/mol. The number of hydrogen-bond donors (Lipinski definition) is 0. The molecule has 9 rings (SSSR count). The summed E-state index contributed by atoms with van der Waals surface area (Å²) in [7, 11) is 0. The average molecular weight is 574 g/mol. The van der Waals surface area contributed by atoms with Crippen LogP contribution < -0.4 is 0 Å². The third-order valence-corrected chi connectivity index (χ3v) is 12.0. The molecule has 0 bridgehead atoms. The number of fused-ring (bicyclic) bond motifs is 5. The highest BCUT2D eigenvalue weighted by atomic mass is 15.0. The molecular formula is C43H43N. The lowest BCUT2D eigenvalue weighted by molar-refractivity contribution is 0.331. The van der Waals surface area contributed by atoms with Gasteiger partial charge < -0.3 is 4.57 Å². The van der Waals surface area contributed by atoms with Crippen LogP contribution in [0.2, 0.25) is 0 Å². The zero-order valence-corrected chi connectivity index (χ0v) is 26.4. The van der Waals surface area contributed by atoms with Crippen molar-refractivity contribution in [2.24, 2.45) is 11.3 Å². The van der Waals surface area contributed by atoms with Crippen LogP contribution in [0, 0.1) is 11.3 Å². The van der Waals surface area contributed by atoms with Crippen LogP contribution in [0.5, 0.6) is 0 Å². The summed E-state index contributed by atoms with van der Waals surface area (Å²) in [5.41, 5.74) is 19.0. The lowest BCUT2D eigenvalue weighted by atomic mass is 9.69. The number of aromatic nitrogens is 1. The molecule has 0 spiro atoms. The number of nitrogens with zero attached hydrogens (tertiary/aromatic N) is 1. The molecule has 0 radical (unpaired) electrons. The normalized spacial score (nSPS) is 24.6. The minimum atomic E-state index is 0.177. The van der Waals surface area contributed by atoms with Crippen molar-refractivity contribution in [1.29, 1.82) is 0 Å². The molecule has 0 amide bonds. The topological polar surface area (TPSA) is 4.93 Å². The lowest BCUT2D eigenvalue weighted by Crippen LogP contribution is -2.24. The van der Waals surface area contributed by atoms with Crippen LogP contribution in [0.3, 0.4) is 0 Å². The Morgan fingerprint density at radius 2 is 1.30 bits per heavy atom. The van der Waals surface area contributed by atoms with E-state index < -0.39 is 0 Å². The smallest absolute Gasteiger partial charge is 0.0537 e. The van der Waals surface area contributed by atoms with E-state index in [0.29, 0.717) is 5.92 Å². The third kappa shape index (κ3) is 4.04. The molecule has 220 valence electrons. The fourth-order valence-electron chi connectivity index (χ4n) is 9.53. The van der Waals surface area contributed by atoms with Gasteiger partial charge in [-0.3, -0.25) is 0 Å². The Morgan fingerprint density at radius 1 is 0.614 bits per heavy atom. The van der Waals surface area contributed by atoms with Gasteiger partial charge in [0.15, 0.2) is 0 Å². The number of hydrogen-bond acceptors (Lipinski definition) is 0. The van der Waals surface area contributed by atoms with Gasteiger partial charge in [-0.15, -0.1) is 0 Å². The molecule has 0 aliphatic heterocycles. The average Bonchev–Trinajstić information content (AvgIpc) is 3.53. The summed E-state index contributed by atoms with van der Waals surface area (Å²) in [6.45, 7) is 5.06. The Hall–Kier alpha value is -3.84. The first-order valence-electron chi connectivity index (χ1n) is 17.2. The predicted octanol–water partition coefficient (Wildman–Crippen LogP) is 11.9. The van der Waals surface area contributed by atoms with E-state index in [1.54, 1.807) is 50.2 Å². The van der Waals surface area contributed by atoms with Crippen LogP contribution in [0.25, 0.3) is 27.5 Å². The first-order chi connectivity index (χ1) is 21.6. The molecule has 0 N–H and O–H groups in total. The molecule has 6 aliphatic rings. The largest absolute Gasteiger partial charge is 0.313 e. The fraction of sp³-hybridized carbons (Fsp3) is 0.349. The Balaban J connectivity index is 1.02. The van der Waals surface area contributed by atoms with Crippen LogP contribution in [0.1, 0.15) is 84.5 Å². The van der Waals surface area contributed by atoms with Crippen LogP contribution in [-0.2, 0) is 0 Å². The zero-order valence-electron chi connectivity index (χ0n) is 26.4. The Kier molecular flexibility index (Phi) is 6.09. The Bertz CT molecular complexity index is 1950. The van der Waals surface area contributed by atoms with Crippen molar-refractivity contribution in [3.8, 4) is 0 Å². The van der Waals surface area contributed by atoms with Gasteiger partial charge in [0.05, 0.1) is 11.0 Å². The molecule has 44 heavy (non-hydrogen) atoms. The van der Waals surface area contributed by atoms with Crippen molar-refractivity contribution in [3.63, 3.8) is 0 Å². The minimum Gasteiger partial charge on any atom is -0.313 e. The van der Waals surface area contributed by atoms with Gasteiger partial charge in [-0.05, 0) is 145 Å². The van der Waals surface area contributed by atoms with Gasteiger partial charge in [0, 0.05) is 16.5 Å². The third-order valence-electron chi connectivity index (χ3n) is 12.0. The zero-order chi connectivity index (χ0) is 29.4. The number of allylic oxidation sites excluding steroid dienone is 16. The summed E-state index contributed by atoms with van der Waals surface area (Å²) in [6, 6.07) is 17.8. The van der Waals surface area contributed by atoms with E-state index in [9.17, 15) is 0 Å². The van der Waals surface area contributed by atoms with Crippen molar-refractivity contribution in [1.82, 2.24) is 4.57 Å². The quantitative estimate of drug-likeness (QED) is 0.294. The lowest BCUT2D eigenvalue weighted by Gasteiger charge is -2.34. The molecule has 0 fully saturated rings. The number of benzene rings is 2. The highest BCUT2D eigenvalue weighted by Gasteiger charge is 2.46. The van der Waals surface area contributed by atoms with Crippen molar-refractivity contribution in [2.75, 3.05) is 0 Å². The molecular weight excluding hydrogens is 530 g/mol. The number of rotatable bonds is 3. The summed E-state index contributed by atoms with van der Waals surface area (Å²) in [5, 5.41) is 2.70. The second-order valence-corrected chi connectivity index (χ2v) is 14.6. The standard InChI is InChI=1S/C43H43N/c1-43(2)39-26-32(29-17-21-34(22-18-29)44-41-13-7-5-11-37(41)38-12-6-8-14-42(38)44)19-23-35(39)36-24-20-33(27-40(36)43)31-16-15-28-9-3-4-10-30(28)25-31/h5-8,11-14,17,20-21,24-26,40H,3-4,9-10,15-16,18-19,22-23,27H2,1-2H3. The van der Waals surface area contributed by atoms with Crippen LogP contribution in [0.4, 0.5) is 0 Å². The molecule has 1 heteroatoms. The van der Waals surface area contributed by atoms with Gasteiger partial charge >= 0.3 is 0 Å². The van der Waals surface area contributed by atoms with Crippen molar-refractivity contribution >= 4 is 27.5 Å². The van der Waals surface area contributed by atoms with Crippen molar-refractivity contribution in [3.05, 3.63) is 135 Å². The highest BCUT2D eigenvalue weighted by molar-refractivity contribution is 6.10. The van der Waals surface area contributed by atoms with Crippen molar-refractivity contribution in [2.45, 2.75) is 84.5 Å². The van der Waals surface area contributed by atoms with E-state index in [1.165, 1.54) is 85.3 Å². The van der Waals surface area contributed by atoms with Gasteiger partial charge in [-0.25, -0.2) is 0 Å². The van der Waals surface area contributed by atoms with Gasteiger partial charge in [-0.2, -0.15) is 0 Å². The second kappa shape index (κ2) is 10.1. The maximum atomic E-state index is 2.63. The van der Waals surface area contributed by atoms with Gasteiger partial charge in [0.25, 0.3) is 0 Å². The predicted molar refractivity (Wildman–Crippen MR) is 186 cm³/mol. The Morgan fingerprint density at radius 3 is 2.07 bits per heavy atom. The highest BCUT2D eigenvalue weighted by Crippen LogP contribution is 2.58. The van der Waals surface area contributed by atoms with E-state index in [2.05, 4.69) is 103 Å². The summed E-state index contributed by atoms with van der Waals surface area (Å²) >= 11 is 0. The van der Waals surface area contributed by atoms with Crippen molar-refractivity contribution < 1.29 is 0 Å². The molecule has 1 nitrogen and oxygen atoms in total. The molecule has 0 saturated carbocycles. The fourth-order valence-corrected chi connectivity index (χ4v) is 9.53. The SMILES string of the molecule is CC1(C)C2=C(CCC(C3=CC=C(n4c5ccccc5c5ccccc54)CC3)=C2)C2=CC=C(C3=CC4=C(CCCC4)CC3)CC21. The molecule has 1 heterocycles. The van der Waals surface area contributed by atoms with E-state index >= 15 is 0 Å². The van der Waals surface area contributed by atoms with E-state index in [4.69, 9.17) is 0 Å². The van der Waals surface area contributed by atoms with E-state index in [0.717, 1.165) is 12.8 Å². The molecule has 1 atom stereocenters. The van der Waals surface area contributed by atoms with E-state index in [-0.39, 0.29) is 5.41 Å². The summed E-state index contributed by atoms with van der Waals surface area (Å²) in [5.74, 6) is 0.605. The molecule has 3 aromatic rings. The second-order valence-electron chi connectivity index (χ2n) is 14.6. The molecule has 2 aromatic carbocycles. The summed E-state index contributed by atoms with van der Waals surface area (Å²) in [6.07, 6.45) is 28.8. The summed E-state index contributed by atoms with van der Waals surface area (Å²) in [4.78, 5) is 0. The molecule has 6 aliphatic carbocycles. The molecule has 1 aromatic heterocycles. The molecule has 0 saturated heterocycles. The Labute approximate surface area is 262 Å². The minimum absolute atomic E-state index is 0.177. The van der Waals surface area contributed by atoms with Gasteiger partial charge in [0.1, 0.15) is 0 Å². The summed E-state index contributed by atoms with van der Waals surface area (Å²) < 4.78 is 2.50. The first-order valence-corrected chi connectivity index (χ1v) is 17.2. The van der Waals surface area contributed by atoms with Crippen LogP contribution >= 0.6 is 0 Å². The maximum absolute atomic E-state index is 2.63. The maximum Gasteiger partial charge on any atom is 0.0537 e. The first kappa shape index (κ1) is 26.6. The van der Waals surface area contributed by atoms with E-state index in [1.807, 2.05) is 0 Å². The number of para-hydroxylation sites is 2. The van der Waals surface area contributed by atoms with Crippen LogP contribution in [-0.4, -0.2) is 4.57 Å². The van der Waals surface area contributed by atoms with Gasteiger partial charge in [0.2, 0.25) is 0 Å². The van der Waals surface area contributed by atoms with Crippen LogP contribution in [0.15, 0.2) is 135 Å². The van der Waals surface area contributed by atoms with Gasteiger partial charge in [-0.1, -0.05) is 86.2 Å².